The summed E-state index contributed by atoms with van der Waals surface area (Å²) in [4.78, 5) is 0.484. The molecule has 0 amide bonds. The SMILES string of the molecule is N#Cc1ccc(F)cc1CS(=O)c1ccc(N)c(Cl)c1. The van der Waals surface area contributed by atoms with Crippen LogP contribution in [-0.4, -0.2) is 4.21 Å². The Bertz CT molecular complexity index is 728. The zero-order chi connectivity index (χ0) is 14.7. The van der Waals surface area contributed by atoms with Gasteiger partial charge in [0.25, 0.3) is 0 Å². The van der Waals surface area contributed by atoms with Gasteiger partial charge in [-0.15, -0.1) is 0 Å². The normalized spacial score (nSPS) is 11.8. The van der Waals surface area contributed by atoms with E-state index in [1.165, 1.54) is 24.3 Å². The van der Waals surface area contributed by atoms with E-state index in [0.717, 1.165) is 0 Å². The van der Waals surface area contributed by atoms with Crippen LogP contribution in [-0.2, 0) is 16.6 Å². The summed E-state index contributed by atoms with van der Waals surface area (Å²) in [6.07, 6.45) is 0. The quantitative estimate of drug-likeness (QED) is 0.885. The van der Waals surface area contributed by atoms with Gasteiger partial charge in [0.05, 0.1) is 38.9 Å². The molecule has 0 radical (unpaired) electrons. The highest BCUT2D eigenvalue weighted by Gasteiger charge is 2.11. The Morgan fingerprint density at radius 3 is 2.70 bits per heavy atom. The van der Waals surface area contributed by atoms with E-state index in [-0.39, 0.29) is 5.75 Å². The fourth-order valence-corrected chi connectivity index (χ4v) is 3.07. The highest BCUT2D eigenvalue weighted by Crippen LogP contribution is 2.23. The van der Waals surface area contributed by atoms with Crippen molar-refractivity contribution in [3.05, 3.63) is 58.4 Å². The topological polar surface area (TPSA) is 66.9 Å². The lowest BCUT2D eigenvalue weighted by Gasteiger charge is -2.06. The third kappa shape index (κ3) is 3.16. The summed E-state index contributed by atoms with van der Waals surface area (Å²) in [5.41, 5.74) is 6.69. The second-order valence-corrected chi connectivity index (χ2v) is 5.94. The number of nitrogens with two attached hydrogens (primary N) is 1. The Labute approximate surface area is 123 Å². The van der Waals surface area contributed by atoms with Crippen molar-refractivity contribution in [2.24, 2.45) is 0 Å². The van der Waals surface area contributed by atoms with Crippen molar-refractivity contribution in [3.63, 3.8) is 0 Å². The van der Waals surface area contributed by atoms with Gasteiger partial charge in [-0.3, -0.25) is 4.21 Å². The van der Waals surface area contributed by atoms with Crippen molar-refractivity contribution in [1.29, 1.82) is 5.26 Å². The molecule has 0 saturated heterocycles. The van der Waals surface area contributed by atoms with Gasteiger partial charge in [0.1, 0.15) is 5.82 Å². The molecule has 2 aromatic carbocycles. The van der Waals surface area contributed by atoms with Crippen molar-refractivity contribution in [3.8, 4) is 6.07 Å². The molecule has 0 bridgehead atoms. The maximum atomic E-state index is 13.2. The molecule has 0 aliphatic carbocycles. The van der Waals surface area contributed by atoms with Crippen LogP contribution in [0.15, 0.2) is 41.3 Å². The molecule has 2 aromatic rings. The van der Waals surface area contributed by atoms with Gasteiger partial charge in [0.15, 0.2) is 0 Å². The van der Waals surface area contributed by atoms with E-state index in [0.29, 0.717) is 26.7 Å². The smallest absolute Gasteiger partial charge is 0.123 e. The number of nitrogen functional groups attached to an aromatic ring is 1. The molecule has 1 atom stereocenters. The molecule has 0 heterocycles. The second-order valence-electron chi connectivity index (χ2n) is 4.09. The maximum absolute atomic E-state index is 13.2. The van der Waals surface area contributed by atoms with E-state index in [2.05, 4.69) is 0 Å². The molecule has 2 N–H and O–H groups in total. The van der Waals surface area contributed by atoms with Crippen molar-refractivity contribution in [2.75, 3.05) is 5.73 Å². The molecule has 102 valence electrons. The van der Waals surface area contributed by atoms with E-state index in [1.807, 2.05) is 6.07 Å². The number of nitriles is 1. The Hall–Kier alpha value is -1.90. The lowest BCUT2D eigenvalue weighted by molar-refractivity contribution is 0.626. The third-order valence-corrected chi connectivity index (χ3v) is 4.39. The molecule has 20 heavy (non-hydrogen) atoms. The van der Waals surface area contributed by atoms with Gasteiger partial charge >= 0.3 is 0 Å². The van der Waals surface area contributed by atoms with E-state index in [4.69, 9.17) is 22.6 Å². The van der Waals surface area contributed by atoms with Crippen LogP contribution in [0.25, 0.3) is 0 Å². The van der Waals surface area contributed by atoms with Gasteiger partial charge in [-0.1, -0.05) is 11.6 Å². The van der Waals surface area contributed by atoms with Gasteiger partial charge in [0.2, 0.25) is 0 Å². The molecular formula is C14H10ClFN2OS. The Balaban J connectivity index is 2.30. The lowest BCUT2D eigenvalue weighted by atomic mass is 10.1. The summed E-state index contributed by atoms with van der Waals surface area (Å²) in [5, 5.41) is 9.28. The van der Waals surface area contributed by atoms with Crippen LogP contribution in [0.2, 0.25) is 5.02 Å². The van der Waals surface area contributed by atoms with Crippen molar-refractivity contribution < 1.29 is 8.60 Å². The second kappa shape index (κ2) is 6.04. The average molecular weight is 309 g/mol. The highest BCUT2D eigenvalue weighted by atomic mass is 35.5. The molecule has 2 rings (SSSR count). The van der Waals surface area contributed by atoms with E-state index in [1.54, 1.807) is 12.1 Å². The molecule has 0 spiro atoms. The average Bonchev–Trinajstić information content (AvgIpc) is 2.42. The van der Waals surface area contributed by atoms with Crippen LogP contribution in [0.4, 0.5) is 10.1 Å². The summed E-state index contributed by atoms with van der Waals surface area (Å²) in [5.74, 6) is -0.424. The number of hydrogen-bond donors (Lipinski definition) is 1. The van der Waals surface area contributed by atoms with Crippen LogP contribution < -0.4 is 5.73 Å². The molecule has 0 aromatic heterocycles. The lowest BCUT2D eigenvalue weighted by Crippen LogP contribution is -2.00. The van der Waals surface area contributed by atoms with Gasteiger partial charge in [-0.05, 0) is 42.0 Å². The van der Waals surface area contributed by atoms with Gasteiger partial charge in [-0.2, -0.15) is 5.26 Å². The van der Waals surface area contributed by atoms with Gasteiger partial charge < -0.3 is 5.73 Å². The molecule has 0 fully saturated rings. The molecule has 3 nitrogen and oxygen atoms in total. The monoisotopic (exact) mass is 308 g/mol. The number of nitrogens with zero attached hydrogens (tertiary/aromatic N) is 1. The summed E-state index contributed by atoms with van der Waals surface area (Å²) in [6, 6.07) is 10.4. The summed E-state index contributed by atoms with van der Waals surface area (Å²) < 4.78 is 25.4. The molecule has 6 heteroatoms. The van der Waals surface area contributed by atoms with E-state index < -0.39 is 16.6 Å². The first-order valence-electron chi connectivity index (χ1n) is 5.63. The number of hydrogen-bond acceptors (Lipinski definition) is 3. The zero-order valence-corrected chi connectivity index (χ0v) is 11.8. The molecule has 0 aliphatic heterocycles. The largest absolute Gasteiger partial charge is 0.398 e. The number of halogens is 2. The predicted molar refractivity (Wildman–Crippen MR) is 77.1 cm³/mol. The summed E-state index contributed by atoms with van der Waals surface area (Å²) in [6.45, 7) is 0. The zero-order valence-electron chi connectivity index (χ0n) is 10.3. The minimum atomic E-state index is -1.43. The molecule has 1 unspecified atom stereocenters. The van der Waals surface area contributed by atoms with Crippen LogP contribution >= 0.6 is 11.6 Å². The van der Waals surface area contributed by atoms with Crippen LogP contribution in [0, 0.1) is 17.1 Å². The van der Waals surface area contributed by atoms with Gasteiger partial charge in [-0.25, -0.2) is 4.39 Å². The van der Waals surface area contributed by atoms with Crippen LogP contribution in [0.5, 0.6) is 0 Å². The van der Waals surface area contributed by atoms with Gasteiger partial charge in [0, 0.05) is 4.90 Å². The Kier molecular flexibility index (Phi) is 4.38. The number of anilines is 1. The Morgan fingerprint density at radius 1 is 1.30 bits per heavy atom. The minimum absolute atomic E-state index is 0.0426. The minimum Gasteiger partial charge on any atom is -0.398 e. The number of benzene rings is 2. The summed E-state index contributed by atoms with van der Waals surface area (Å²) in [7, 11) is -1.43. The summed E-state index contributed by atoms with van der Waals surface area (Å²) >= 11 is 5.87. The van der Waals surface area contributed by atoms with Crippen molar-refractivity contribution >= 4 is 28.1 Å². The predicted octanol–water partition coefficient (Wildman–Crippen LogP) is 3.24. The first kappa shape index (κ1) is 14.5. The van der Waals surface area contributed by atoms with Crippen molar-refractivity contribution in [2.45, 2.75) is 10.6 Å². The molecule has 0 saturated carbocycles. The van der Waals surface area contributed by atoms with Crippen LogP contribution in [0.3, 0.4) is 0 Å². The first-order chi connectivity index (χ1) is 9.51. The highest BCUT2D eigenvalue weighted by molar-refractivity contribution is 7.84. The fraction of sp³-hybridized carbons (Fsp3) is 0.0714. The number of rotatable bonds is 3. The third-order valence-electron chi connectivity index (χ3n) is 2.71. The van der Waals surface area contributed by atoms with Crippen LogP contribution in [0.1, 0.15) is 11.1 Å². The van der Waals surface area contributed by atoms with E-state index in [9.17, 15) is 8.60 Å². The fourth-order valence-electron chi connectivity index (χ4n) is 1.66. The maximum Gasteiger partial charge on any atom is 0.123 e. The molecular weight excluding hydrogens is 299 g/mol. The first-order valence-corrected chi connectivity index (χ1v) is 7.33. The molecule has 0 aliphatic rings. The standard InChI is InChI=1S/C14H10ClFN2OS/c15-13-6-12(3-4-14(13)18)20(19)8-10-5-11(16)2-1-9(10)7-17/h1-6H,8,18H2. The Morgan fingerprint density at radius 2 is 2.05 bits per heavy atom. The van der Waals surface area contributed by atoms with Crippen molar-refractivity contribution in [1.82, 2.24) is 0 Å². The van der Waals surface area contributed by atoms with E-state index >= 15 is 0 Å².